The summed E-state index contributed by atoms with van der Waals surface area (Å²) in [6.07, 6.45) is 0. The Morgan fingerprint density at radius 1 is 1.00 bits per heavy atom. The van der Waals surface area contributed by atoms with Gasteiger partial charge in [-0.1, -0.05) is 12.1 Å². The zero-order valence-electron chi connectivity index (χ0n) is 9.65. The molecule has 0 aliphatic carbocycles. The van der Waals surface area contributed by atoms with Gasteiger partial charge >= 0.3 is 0 Å². The molecule has 0 N–H and O–H groups in total. The standard InChI is InChI=1S/C15H7F2NO/c16-12-6-5-9(7-13(12)17)15-11(8-18)10-3-1-2-4-14(10)19-15/h1-7H. The zero-order valence-corrected chi connectivity index (χ0v) is 9.65. The Bertz CT molecular complexity index is 815. The normalized spacial score (nSPS) is 10.6. The summed E-state index contributed by atoms with van der Waals surface area (Å²) in [6.45, 7) is 0. The number of para-hydroxylation sites is 1. The molecule has 0 aliphatic heterocycles. The first kappa shape index (κ1) is 11.4. The van der Waals surface area contributed by atoms with Crippen LogP contribution in [-0.2, 0) is 0 Å². The van der Waals surface area contributed by atoms with E-state index in [1.54, 1.807) is 24.3 Å². The second kappa shape index (κ2) is 4.21. The molecule has 0 aliphatic rings. The maximum absolute atomic E-state index is 13.3. The first-order valence-electron chi connectivity index (χ1n) is 5.58. The average Bonchev–Trinajstić information content (AvgIpc) is 2.80. The van der Waals surface area contributed by atoms with Gasteiger partial charge in [0.15, 0.2) is 17.4 Å². The van der Waals surface area contributed by atoms with E-state index in [1.165, 1.54) is 6.07 Å². The van der Waals surface area contributed by atoms with Crippen LogP contribution in [0.4, 0.5) is 8.78 Å². The highest BCUT2D eigenvalue weighted by atomic mass is 19.2. The van der Waals surface area contributed by atoms with Gasteiger partial charge in [-0.2, -0.15) is 5.26 Å². The monoisotopic (exact) mass is 255 g/mol. The Morgan fingerprint density at radius 3 is 2.53 bits per heavy atom. The van der Waals surface area contributed by atoms with Gasteiger partial charge in [-0.3, -0.25) is 0 Å². The van der Waals surface area contributed by atoms with Gasteiger partial charge in [0.05, 0.1) is 0 Å². The Morgan fingerprint density at radius 2 is 1.79 bits per heavy atom. The minimum absolute atomic E-state index is 0.252. The SMILES string of the molecule is N#Cc1c(-c2ccc(F)c(F)c2)oc2ccccc12. The van der Waals surface area contributed by atoms with Crippen molar-refractivity contribution < 1.29 is 13.2 Å². The number of furan rings is 1. The molecule has 2 nitrogen and oxygen atoms in total. The lowest BCUT2D eigenvalue weighted by Gasteiger charge is -1.98. The maximum atomic E-state index is 13.3. The molecule has 0 amide bonds. The van der Waals surface area contributed by atoms with Crippen molar-refractivity contribution >= 4 is 11.0 Å². The maximum Gasteiger partial charge on any atom is 0.159 e. The summed E-state index contributed by atoms with van der Waals surface area (Å²) >= 11 is 0. The van der Waals surface area contributed by atoms with E-state index in [0.717, 1.165) is 12.1 Å². The van der Waals surface area contributed by atoms with E-state index in [-0.39, 0.29) is 5.76 Å². The number of halogens is 2. The van der Waals surface area contributed by atoms with Gasteiger partial charge in [-0.05, 0) is 30.3 Å². The van der Waals surface area contributed by atoms with Crippen LogP contribution in [0, 0.1) is 23.0 Å². The third-order valence-electron chi connectivity index (χ3n) is 2.89. The third-order valence-corrected chi connectivity index (χ3v) is 2.89. The van der Waals surface area contributed by atoms with Crippen molar-refractivity contribution in [2.45, 2.75) is 0 Å². The van der Waals surface area contributed by atoms with E-state index in [1.807, 2.05) is 6.07 Å². The van der Waals surface area contributed by atoms with Crippen LogP contribution in [0.2, 0.25) is 0 Å². The largest absolute Gasteiger partial charge is 0.455 e. The lowest BCUT2D eigenvalue weighted by Crippen LogP contribution is -1.85. The molecule has 2 aromatic carbocycles. The number of hydrogen-bond donors (Lipinski definition) is 0. The smallest absolute Gasteiger partial charge is 0.159 e. The first-order chi connectivity index (χ1) is 9.20. The van der Waals surface area contributed by atoms with Crippen LogP contribution in [-0.4, -0.2) is 0 Å². The molecule has 1 heterocycles. The van der Waals surface area contributed by atoms with Gasteiger partial charge < -0.3 is 4.42 Å². The van der Waals surface area contributed by atoms with E-state index >= 15 is 0 Å². The summed E-state index contributed by atoms with van der Waals surface area (Å²) in [5.41, 5.74) is 1.20. The molecule has 0 spiro atoms. The van der Waals surface area contributed by atoms with Crippen molar-refractivity contribution in [1.82, 2.24) is 0 Å². The van der Waals surface area contributed by atoms with Crippen LogP contribution in [0.15, 0.2) is 46.9 Å². The van der Waals surface area contributed by atoms with Crippen molar-refractivity contribution in [3.8, 4) is 17.4 Å². The number of nitrogens with zero attached hydrogens (tertiary/aromatic N) is 1. The lowest BCUT2D eigenvalue weighted by atomic mass is 10.1. The molecule has 4 heteroatoms. The van der Waals surface area contributed by atoms with Crippen molar-refractivity contribution in [2.75, 3.05) is 0 Å². The zero-order chi connectivity index (χ0) is 13.4. The summed E-state index contributed by atoms with van der Waals surface area (Å²) in [7, 11) is 0. The molecule has 0 saturated carbocycles. The molecule has 0 atom stereocenters. The van der Waals surface area contributed by atoms with E-state index in [2.05, 4.69) is 0 Å². The number of hydrogen-bond acceptors (Lipinski definition) is 2. The lowest BCUT2D eigenvalue weighted by molar-refractivity contribution is 0.508. The molecule has 0 fully saturated rings. The van der Waals surface area contributed by atoms with Crippen LogP contribution in [0.3, 0.4) is 0 Å². The van der Waals surface area contributed by atoms with Crippen LogP contribution in [0.1, 0.15) is 5.56 Å². The Balaban J connectivity index is 2.30. The first-order valence-corrected chi connectivity index (χ1v) is 5.58. The average molecular weight is 255 g/mol. The summed E-state index contributed by atoms with van der Waals surface area (Å²) in [5.74, 6) is -1.65. The molecule has 19 heavy (non-hydrogen) atoms. The molecular weight excluding hydrogens is 248 g/mol. The van der Waals surface area contributed by atoms with Crippen molar-refractivity contribution in [1.29, 1.82) is 5.26 Å². The van der Waals surface area contributed by atoms with Crippen LogP contribution < -0.4 is 0 Å². The van der Waals surface area contributed by atoms with Crippen molar-refractivity contribution in [2.24, 2.45) is 0 Å². The van der Waals surface area contributed by atoms with Crippen molar-refractivity contribution in [3.63, 3.8) is 0 Å². The number of fused-ring (bicyclic) bond motifs is 1. The summed E-state index contributed by atoms with van der Waals surface area (Å²) < 4.78 is 31.7. The van der Waals surface area contributed by atoms with Crippen LogP contribution in [0.5, 0.6) is 0 Å². The summed E-state index contributed by atoms with van der Waals surface area (Å²) in [6, 6.07) is 12.5. The molecule has 3 rings (SSSR count). The predicted octanol–water partition coefficient (Wildman–Crippen LogP) is 4.25. The Hall–Kier alpha value is -2.67. The van der Waals surface area contributed by atoms with Crippen molar-refractivity contribution in [3.05, 3.63) is 59.7 Å². The highest BCUT2D eigenvalue weighted by Gasteiger charge is 2.16. The second-order valence-corrected chi connectivity index (χ2v) is 4.04. The van der Waals surface area contributed by atoms with E-state index in [9.17, 15) is 14.0 Å². The molecule has 1 aromatic heterocycles. The second-order valence-electron chi connectivity index (χ2n) is 4.04. The highest BCUT2D eigenvalue weighted by Crippen LogP contribution is 2.33. The fraction of sp³-hybridized carbons (Fsp3) is 0. The summed E-state index contributed by atoms with van der Waals surface area (Å²) in [4.78, 5) is 0. The van der Waals surface area contributed by atoms with Gasteiger partial charge in [-0.15, -0.1) is 0 Å². The predicted molar refractivity (Wildman–Crippen MR) is 66.3 cm³/mol. The minimum Gasteiger partial charge on any atom is -0.455 e. The van der Waals surface area contributed by atoms with E-state index in [0.29, 0.717) is 22.1 Å². The van der Waals surface area contributed by atoms with Crippen LogP contribution >= 0.6 is 0 Å². The number of nitriles is 1. The summed E-state index contributed by atoms with van der Waals surface area (Å²) in [5, 5.41) is 9.87. The third kappa shape index (κ3) is 1.76. The van der Waals surface area contributed by atoms with Gasteiger partial charge in [0.2, 0.25) is 0 Å². The number of rotatable bonds is 1. The number of benzene rings is 2. The molecule has 0 radical (unpaired) electrons. The molecule has 0 unspecified atom stereocenters. The fourth-order valence-electron chi connectivity index (χ4n) is 2.00. The van der Waals surface area contributed by atoms with Gasteiger partial charge in [0.25, 0.3) is 0 Å². The molecular formula is C15H7F2NO. The van der Waals surface area contributed by atoms with E-state index in [4.69, 9.17) is 4.42 Å². The van der Waals surface area contributed by atoms with Gasteiger partial charge in [0, 0.05) is 10.9 Å². The minimum atomic E-state index is -0.971. The Labute approximate surface area is 107 Å². The quantitative estimate of drug-likeness (QED) is 0.651. The van der Waals surface area contributed by atoms with Gasteiger partial charge in [0.1, 0.15) is 17.2 Å². The molecule has 0 bridgehead atoms. The molecule has 0 saturated heterocycles. The molecule has 3 aromatic rings. The fourth-order valence-corrected chi connectivity index (χ4v) is 2.00. The van der Waals surface area contributed by atoms with Crippen LogP contribution in [0.25, 0.3) is 22.3 Å². The van der Waals surface area contributed by atoms with Gasteiger partial charge in [-0.25, -0.2) is 8.78 Å². The molecule has 92 valence electrons. The highest BCUT2D eigenvalue weighted by molar-refractivity contribution is 5.90. The Kier molecular flexibility index (Phi) is 2.53. The topological polar surface area (TPSA) is 36.9 Å². The van der Waals surface area contributed by atoms with E-state index < -0.39 is 11.6 Å².